The molecule has 2 saturated heterocycles. The minimum Gasteiger partial charge on any atom is -0.379 e. The number of nitrogens with zero attached hydrogens (tertiary/aromatic N) is 3. The zero-order valence-electron chi connectivity index (χ0n) is 19.2. The number of rotatable bonds is 6. The molecule has 1 aromatic rings. The van der Waals surface area contributed by atoms with Gasteiger partial charge in [-0.15, -0.1) is 0 Å². The normalized spacial score (nSPS) is 23.3. The average Bonchev–Trinajstić information content (AvgIpc) is 3.01. The summed E-state index contributed by atoms with van der Waals surface area (Å²) in [6.07, 6.45) is 3.03. The number of carbonyl (C=O) groups is 2. The van der Waals surface area contributed by atoms with Crippen molar-refractivity contribution >= 4 is 17.4 Å². The molecule has 0 aromatic heterocycles. The molecule has 2 amide bonds. The Bertz CT molecular complexity index is 873. The largest absolute Gasteiger partial charge is 0.379 e. The molecule has 1 unspecified atom stereocenters. The molecule has 3 aliphatic heterocycles. The van der Waals surface area contributed by atoms with Crippen LogP contribution in [0.15, 0.2) is 23.9 Å². The van der Waals surface area contributed by atoms with E-state index in [0.717, 1.165) is 69.9 Å². The monoisotopic (exact) mass is 425 g/mol. The lowest BCUT2D eigenvalue weighted by atomic mass is 9.96. The van der Waals surface area contributed by atoms with Crippen molar-refractivity contribution in [1.82, 2.24) is 14.7 Å². The third kappa shape index (κ3) is 4.70. The summed E-state index contributed by atoms with van der Waals surface area (Å²) in [5, 5.41) is 0. The lowest BCUT2D eigenvalue weighted by Gasteiger charge is -2.33. The van der Waals surface area contributed by atoms with Crippen LogP contribution in [0.5, 0.6) is 0 Å². The van der Waals surface area contributed by atoms with Gasteiger partial charge in [0.2, 0.25) is 0 Å². The number of piperidine rings is 1. The average molecular weight is 426 g/mol. The molecular weight excluding hydrogens is 390 g/mol. The zero-order chi connectivity index (χ0) is 22.0. The molecule has 0 radical (unpaired) electrons. The lowest BCUT2D eigenvalue weighted by molar-refractivity contribution is -0.137. The second-order valence-electron chi connectivity index (χ2n) is 9.29. The number of imide groups is 1. The van der Waals surface area contributed by atoms with E-state index in [1.807, 2.05) is 12.1 Å². The molecule has 2 fully saturated rings. The van der Waals surface area contributed by atoms with Crippen molar-refractivity contribution < 1.29 is 14.3 Å². The van der Waals surface area contributed by atoms with Crippen LogP contribution in [0.25, 0.3) is 5.57 Å². The predicted octanol–water partition coefficient (Wildman–Crippen LogP) is 2.84. The van der Waals surface area contributed by atoms with Gasteiger partial charge in [0.15, 0.2) is 0 Å². The fraction of sp³-hybridized carbons (Fsp3) is 0.600. The first-order chi connectivity index (χ1) is 15.0. The minimum atomic E-state index is -0.136. The smallest absolute Gasteiger partial charge is 0.277 e. The van der Waals surface area contributed by atoms with Crippen LogP contribution < -0.4 is 0 Å². The first-order valence-corrected chi connectivity index (χ1v) is 11.7. The molecule has 31 heavy (non-hydrogen) atoms. The maximum absolute atomic E-state index is 13.5. The Hall–Kier alpha value is -2.18. The highest BCUT2D eigenvalue weighted by Crippen LogP contribution is 2.34. The Morgan fingerprint density at radius 2 is 1.77 bits per heavy atom. The molecule has 168 valence electrons. The van der Waals surface area contributed by atoms with Crippen LogP contribution in [0.2, 0.25) is 0 Å². The fourth-order valence-electron chi connectivity index (χ4n) is 4.89. The molecule has 0 bridgehead atoms. The van der Waals surface area contributed by atoms with E-state index in [4.69, 9.17) is 4.74 Å². The quantitative estimate of drug-likeness (QED) is 0.656. The minimum absolute atomic E-state index is 0.116. The first-order valence-electron chi connectivity index (χ1n) is 11.7. The second-order valence-corrected chi connectivity index (χ2v) is 9.29. The lowest BCUT2D eigenvalue weighted by Crippen LogP contribution is -2.41. The van der Waals surface area contributed by atoms with Gasteiger partial charge >= 0.3 is 0 Å². The molecule has 1 aromatic carbocycles. The zero-order valence-corrected chi connectivity index (χ0v) is 19.2. The van der Waals surface area contributed by atoms with Gasteiger partial charge in [0, 0.05) is 39.3 Å². The van der Waals surface area contributed by atoms with E-state index in [0.29, 0.717) is 23.7 Å². The molecule has 3 aliphatic rings. The van der Waals surface area contributed by atoms with Crippen molar-refractivity contribution in [2.24, 2.45) is 5.92 Å². The van der Waals surface area contributed by atoms with Crippen molar-refractivity contribution in [3.63, 3.8) is 0 Å². The number of amides is 2. The van der Waals surface area contributed by atoms with Crippen molar-refractivity contribution in [1.29, 1.82) is 0 Å². The van der Waals surface area contributed by atoms with E-state index in [-0.39, 0.29) is 11.8 Å². The molecule has 1 atom stereocenters. The third-order valence-corrected chi connectivity index (χ3v) is 6.87. The molecule has 4 rings (SSSR count). The summed E-state index contributed by atoms with van der Waals surface area (Å²) >= 11 is 0. The Balaban J connectivity index is 1.57. The number of hydrogen-bond donors (Lipinski definition) is 0. The predicted molar refractivity (Wildman–Crippen MR) is 121 cm³/mol. The van der Waals surface area contributed by atoms with Crippen LogP contribution in [0.3, 0.4) is 0 Å². The van der Waals surface area contributed by atoms with Crippen LogP contribution in [0.1, 0.15) is 42.9 Å². The first kappa shape index (κ1) is 22.0. The van der Waals surface area contributed by atoms with E-state index in [1.54, 1.807) is 0 Å². The van der Waals surface area contributed by atoms with Crippen LogP contribution in [0.4, 0.5) is 0 Å². The number of carbonyl (C=O) groups excluding carboxylic acids is 2. The van der Waals surface area contributed by atoms with Crippen molar-refractivity contribution in [3.05, 3.63) is 40.6 Å². The highest BCUT2D eigenvalue weighted by Gasteiger charge is 2.42. The van der Waals surface area contributed by atoms with Crippen LogP contribution in [0, 0.1) is 19.8 Å². The summed E-state index contributed by atoms with van der Waals surface area (Å²) < 4.78 is 5.41. The highest BCUT2D eigenvalue weighted by atomic mass is 16.5. The molecule has 0 aliphatic carbocycles. The van der Waals surface area contributed by atoms with Crippen LogP contribution >= 0.6 is 0 Å². The van der Waals surface area contributed by atoms with E-state index in [9.17, 15) is 9.59 Å². The Morgan fingerprint density at radius 1 is 1.00 bits per heavy atom. The summed E-state index contributed by atoms with van der Waals surface area (Å²) in [5.41, 5.74) is 4.41. The number of aryl methyl sites for hydroxylation is 2. The maximum atomic E-state index is 13.5. The second kappa shape index (κ2) is 9.53. The SMILES string of the molecule is Cc1ccc(C2=C(N3CCCC(C)C3)C(=O)N(CCCN3CCOCC3)C2=O)cc1C. The topological polar surface area (TPSA) is 53.1 Å². The Kier molecular flexibility index (Phi) is 6.77. The van der Waals surface area contributed by atoms with Gasteiger partial charge in [0.1, 0.15) is 5.70 Å². The number of ether oxygens (including phenoxy) is 1. The highest BCUT2D eigenvalue weighted by molar-refractivity contribution is 6.35. The third-order valence-electron chi connectivity index (χ3n) is 6.87. The number of morpholine rings is 1. The number of likely N-dealkylation sites (tertiary alicyclic amines) is 1. The van der Waals surface area contributed by atoms with Crippen molar-refractivity contribution in [2.75, 3.05) is 52.5 Å². The van der Waals surface area contributed by atoms with E-state index < -0.39 is 0 Å². The van der Waals surface area contributed by atoms with Crippen LogP contribution in [-0.4, -0.2) is 79.0 Å². The van der Waals surface area contributed by atoms with Crippen LogP contribution in [-0.2, 0) is 14.3 Å². The molecule has 3 heterocycles. The molecule has 6 heteroatoms. The van der Waals surface area contributed by atoms with Gasteiger partial charge in [-0.25, -0.2) is 0 Å². The molecule has 6 nitrogen and oxygen atoms in total. The number of benzene rings is 1. The maximum Gasteiger partial charge on any atom is 0.277 e. The molecule has 0 saturated carbocycles. The van der Waals surface area contributed by atoms with Crippen molar-refractivity contribution in [2.45, 2.75) is 40.0 Å². The van der Waals surface area contributed by atoms with Gasteiger partial charge in [-0.2, -0.15) is 0 Å². The van der Waals surface area contributed by atoms with E-state index >= 15 is 0 Å². The summed E-state index contributed by atoms with van der Waals surface area (Å²) in [7, 11) is 0. The standard InChI is InChI=1S/C25H35N3O3/c1-18-6-4-10-27(17-18)23-22(21-8-7-19(2)20(3)16-21)24(29)28(25(23)30)11-5-9-26-12-14-31-15-13-26/h7-8,16,18H,4-6,9-15,17H2,1-3H3. The summed E-state index contributed by atoms with van der Waals surface area (Å²) in [6.45, 7) is 12.8. The van der Waals surface area contributed by atoms with Gasteiger partial charge in [-0.1, -0.05) is 25.1 Å². The molecule has 0 N–H and O–H groups in total. The van der Waals surface area contributed by atoms with Gasteiger partial charge < -0.3 is 9.64 Å². The van der Waals surface area contributed by atoms with E-state index in [1.165, 1.54) is 16.9 Å². The van der Waals surface area contributed by atoms with Gasteiger partial charge in [0.05, 0.1) is 18.8 Å². The Morgan fingerprint density at radius 3 is 2.48 bits per heavy atom. The molecular formula is C25H35N3O3. The summed E-state index contributed by atoms with van der Waals surface area (Å²) in [5.74, 6) is 0.276. The van der Waals surface area contributed by atoms with Gasteiger partial charge in [-0.05, 0) is 55.7 Å². The van der Waals surface area contributed by atoms with E-state index in [2.05, 4.69) is 36.6 Å². The van der Waals surface area contributed by atoms with Gasteiger partial charge in [-0.3, -0.25) is 19.4 Å². The molecule has 0 spiro atoms. The van der Waals surface area contributed by atoms with Gasteiger partial charge in [0.25, 0.3) is 11.8 Å². The fourth-order valence-corrected chi connectivity index (χ4v) is 4.89. The summed E-state index contributed by atoms with van der Waals surface area (Å²) in [4.78, 5) is 33.0. The number of hydrogen-bond acceptors (Lipinski definition) is 5. The summed E-state index contributed by atoms with van der Waals surface area (Å²) in [6, 6.07) is 6.10. The Labute approximate surface area is 185 Å². The van der Waals surface area contributed by atoms with Crippen molar-refractivity contribution in [3.8, 4) is 0 Å².